The maximum atomic E-state index is 12.6. The molecule has 26 heavy (non-hydrogen) atoms. The molecule has 3 aromatic rings. The Hall–Kier alpha value is -3.55. The summed E-state index contributed by atoms with van der Waals surface area (Å²) in [5, 5.41) is 10.3. The Morgan fingerprint density at radius 2 is 1.65 bits per heavy atom. The van der Waals surface area contributed by atoms with Crippen LogP contribution in [0.5, 0.6) is 17.2 Å². The fraction of sp³-hybridized carbons (Fsp3) is 0.167. The van der Waals surface area contributed by atoms with Gasteiger partial charge in [0, 0.05) is 5.56 Å². The van der Waals surface area contributed by atoms with E-state index >= 15 is 0 Å². The molecule has 0 spiro atoms. The van der Waals surface area contributed by atoms with Crippen LogP contribution in [-0.2, 0) is 0 Å². The smallest absolute Gasteiger partial charge is 0.260 e. The molecular formula is C18H17N3O5. The third-order valence-corrected chi connectivity index (χ3v) is 3.73. The van der Waals surface area contributed by atoms with Gasteiger partial charge in [0.15, 0.2) is 17.2 Å². The molecule has 0 saturated heterocycles. The maximum Gasteiger partial charge on any atom is 0.260 e. The molecule has 1 aromatic heterocycles. The Bertz CT molecular complexity index is 923. The minimum atomic E-state index is -0.389. The Morgan fingerprint density at radius 3 is 2.38 bits per heavy atom. The van der Waals surface area contributed by atoms with E-state index in [0.717, 1.165) is 0 Å². The number of amides is 1. The summed E-state index contributed by atoms with van der Waals surface area (Å²) in [6.45, 7) is 0. The summed E-state index contributed by atoms with van der Waals surface area (Å²) >= 11 is 0. The number of nitrogens with one attached hydrogen (secondary N) is 1. The lowest BCUT2D eigenvalue weighted by molar-refractivity contribution is 0.102. The first-order valence-corrected chi connectivity index (χ1v) is 7.67. The number of para-hydroxylation sites is 1. The van der Waals surface area contributed by atoms with Crippen molar-refractivity contribution in [3.63, 3.8) is 0 Å². The third kappa shape index (κ3) is 3.30. The minimum Gasteiger partial charge on any atom is -0.496 e. The lowest BCUT2D eigenvalue weighted by Gasteiger charge is -2.09. The highest BCUT2D eigenvalue weighted by molar-refractivity contribution is 6.07. The zero-order valence-electron chi connectivity index (χ0n) is 14.5. The van der Waals surface area contributed by atoms with E-state index in [9.17, 15) is 4.79 Å². The molecule has 1 heterocycles. The number of hydrogen-bond donors (Lipinski definition) is 1. The van der Waals surface area contributed by atoms with Gasteiger partial charge in [-0.15, -0.1) is 0 Å². The quantitative estimate of drug-likeness (QED) is 0.726. The van der Waals surface area contributed by atoms with Crippen molar-refractivity contribution >= 4 is 11.7 Å². The van der Waals surface area contributed by atoms with Gasteiger partial charge in [0.2, 0.25) is 5.82 Å². The van der Waals surface area contributed by atoms with Gasteiger partial charge < -0.3 is 19.5 Å². The molecule has 0 fully saturated rings. The number of benzene rings is 2. The zero-order valence-corrected chi connectivity index (χ0v) is 14.5. The van der Waals surface area contributed by atoms with Crippen LogP contribution in [0.3, 0.4) is 0 Å². The van der Waals surface area contributed by atoms with Crippen molar-refractivity contribution in [3.8, 4) is 28.5 Å². The van der Waals surface area contributed by atoms with Crippen molar-refractivity contribution in [3.05, 3.63) is 48.0 Å². The molecule has 0 radical (unpaired) electrons. The van der Waals surface area contributed by atoms with E-state index in [1.165, 1.54) is 14.2 Å². The molecule has 1 amide bonds. The van der Waals surface area contributed by atoms with Gasteiger partial charge in [-0.25, -0.2) is 4.63 Å². The van der Waals surface area contributed by atoms with Crippen molar-refractivity contribution in [1.82, 2.24) is 10.3 Å². The normalized spacial score (nSPS) is 10.3. The number of aromatic nitrogens is 2. The van der Waals surface area contributed by atoms with Crippen LogP contribution in [-0.4, -0.2) is 37.5 Å². The van der Waals surface area contributed by atoms with Gasteiger partial charge in [-0.3, -0.25) is 4.79 Å². The second-order valence-electron chi connectivity index (χ2n) is 5.19. The minimum absolute atomic E-state index is 0.188. The van der Waals surface area contributed by atoms with Crippen molar-refractivity contribution in [2.75, 3.05) is 26.6 Å². The van der Waals surface area contributed by atoms with Gasteiger partial charge in [0.05, 0.1) is 26.9 Å². The highest BCUT2D eigenvalue weighted by Crippen LogP contribution is 2.34. The average Bonchev–Trinajstić information content (AvgIpc) is 3.15. The molecule has 8 nitrogen and oxygen atoms in total. The molecule has 0 atom stereocenters. The van der Waals surface area contributed by atoms with Crippen LogP contribution < -0.4 is 19.5 Å². The number of hydrogen-bond acceptors (Lipinski definition) is 7. The summed E-state index contributed by atoms with van der Waals surface area (Å²) in [4.78, 5) is 12.6. The van der Waals surface area contributed by atoms with Gasteiger partial charge in [-0.1, -0.05) is 12.1 Å². The molecule has 134 valence electrons. The molecule has 0 aliphatic rings. The largest absolute Gasteiger partial charge is 0.496 e. The van der Waals surface area contributed by atoms with Crippen molar-refractivity contribution in [2.45, 2.75) is 0 Å². The highest BCUT2D eigenvalue weighted by Gasteiger charge is 2.19. The number of ether oxygens (including phenoxy) is 3. The molecule has 0 bridgehead atoms. The van der Waals surface area contributed by atoms with Crippen LogP contribution in [0.2, 0.25) is 0 Å². The van der Waals surface area contributed by atoms with Crippen molar-refractivity contribution < 1.29 is 23.6 Å². The Kier molecular flexibility index (Phi) is 5.02. The lowest BCUT2D eigenvalue weighted by Crippen LogP contribution is -2.14. The van der Waals surface area contributed by atoms with Crippen LogP contribution in [0.15, 0.2) is 47.1 Å². The predicted octanol–water partition coefficient (Wildman–Crippen LogP) is 3.01. The zero-order chi connectivity index (χ0) is 18.5. The summed E-state index contributed by atoms with van der Waals surface area (Å²) in [6.07, 6.45) is 0. The highest BCUT2D eigenvalue weighted by atomic mass is 16.6. The van der Waals surface area contributed by atoms with Crippen molar-refractivity contribution in [1.29, 1.82) is 0 Å². The van der Waals surface area contributed by atoms with Crippen LogP contribution >= 0.6 is 0 Å². The summed E-state index contributed by atoms with van der Waals surface area (Å²) in [6, 6.07) is 12.1. The summed E-state index contributed by atoms with van der Waals surface area (Å²) in [5.74, 6) is 1.35. The molecule has 0 unspecified atom stereocenters. The lowest BCUT2D eigenvalue weighted by atomic mass is 10.1. The second kappa shape index (κ2) is 7.56. The average molecular weight is 355 g/mol. The number of rotatable bonds is 6. The number of carbonyl (C=O) groups is 1. The van der Waals surface area contributed by atoms with E-state index in [1.807, 2.05) is 0 Å². The standard InChI is InChI=1S/C18H17N3O5/c1-23-13-7-5-4-6-12(13)18(22)19-17-16(20-26-21-17)11-8-9-14(24-2)15(10-11)25-3/h4-10H,1-3H3,(H,19,21,22). The molecule has 2 aromatic carbocycles. The molecule has 0 aliphatic carbocycles. The van der Waals surface area contributed by atoms with Crippen LogP contribution in [0.4, 0.5) is 5.82 Å². The topological polar surface area (TPSA) is 95.7 Å². The molecule has 0 saturated carbocycles. The molecule has 0 aliphatic heterocycles. The predicted molar refractivity (Wildman–Crippen MR) is 93.8 cm³/mol. The first-order chi connectivity index (χ1) is 12.7. The Labute approximate surface area is 149 Å². The number of carbonyl (C=O) groups excluding carboxylic acids is 1. The van der Waals surface area contributed by atoms with E-state index < -0.39 is 0 Å². The van der Waals surface area contributed by atoms with E-state index in [-0.39, 0.29) is 11.7 Å². The Morgan fingerprint density at radius 1 is 0.923 bits per heavy atom. The number of anilines is 1. The molecule has 3 rings (SSSR count). The van der Waals surface area contributed by atoms with Crippen LogP contribution in [0, 0.1) is 0 Å². The fourth-order valence-corrected chi connectivity index (χ4v) is 2.45. The van der Waals surface area contributed by atoms with E-state index in [2.05, 4.69) is 15.6 Å². The number of nitrogens with zero attached hydrogens (tertiary/aromatic N) is 2. The first kappa shape index (κ1) is 17.3. The van der Waals surface area contributed by atoms with Gasteiger partial charge in [0.1, 0.15) is 5.75 Å². The number of methoxy groups -OCH3 is 3. The van der Waals surface area contributed by atoms with Crippen LogP contribution in [0.25, 0.3) is 11.3 Å². The summed E-state index contributed by atoms with van der Waals surface area (Å²) in [5.41, 5.74) is 1.39. The second-order valence-corrected chi connectivity index (χ2v) is 5.19. The Balaban J connectivity index is 1.91. The van der Waals surface area contributed by atoms with Gasteiger partial charge in [-0.05, 0) is 40.6 Å². The van der Waals surface area contributed by atoms with Gasteiger partial charge in [-0.2, -0.15) is 0 Å². The van der Waals surface area contributed by atoms with E-state index in [1.54, 1.807) is 49.6 Å². The molecular weight excluding hydrogens is 338 g/mol. The van der Waals surface area contributed by atoms with Gasteiger partial charge >= 0.3 is 0 Å². The fourth-order valence-electron chi connectivity index (χ4n) is 2.45. The monoisotopic (exact) mass is 355 g/mol. The molecule has 1 N–H and O–H groups in total. The first-order valence-electron chi connectivity index (χ1n) is 7.67. The van der Waals surface area contributed by atoms with E-state index in [4.69, 9.17) is 18.8 Å². The summed E-state index contributed by atoms with van der Waals surface area (Å²) < 4.78 is 20.5. The van der Waals surface area contributed by atoms with Crippen molar-refractivity contribution in [2.24, 2.45) is 0 Å². The maximum absolute atomic E-state index is 12.6. The third-order valence-electron chi connectivity index (χ3n) is 3.73. The molecule has 8 heteroatoms. The van der Waals surface area contributed by atoms with Crippen LogP contribution in [0.1, 0.15) is 10.4 Å². The SMILES string of the molecule is COc1ccc(-c2nonc2NC(=O)c2ccccc2OC)cc1OC. The summed E-state index contributed by atoms with van der Waals surface area (Å²) in [7, 11) is 4.58. The van der Waals surface area contributed by atoms with E-state index in [0.29, 0.717) is 34.1 Å². The van der Waals surface area contributed by atoms with Gasteiger partial charge in [0.25, 0.3) is 5.91 Å².